The average molecular weight is 413 g/mol. The normalized spacial score (nSPS) is 11.5. The largest absolute Gasteiger partial charge is 0.0693 e. The molecule has 0 aromatic heterocycles. The van der Waals surface area contributed by atoms with Gasteiger partial charge >= 0.3 is 0 Å². The highest BCUT2D eigenvalue weighted by Crippen LogP contribution is 2.16. The summed E-state index contributed by atoms with van der Waals surface area (Å²) in [7, 11) is 0. The van der Waals surface area contributed by atoms with Crippen LogP contribution in [0.5, 0.6) is 0 Å². The van der Waals surface area contributed by atoms with Gasteiger partial charge in [0.15, 0.2) is 0 Å². The number of rotatable bonds is 0. The number of aryl methyl sites for hydroxylation is 6. The highest BCUT2D eigenvalue weighted by atomic mass is 14.0. The molecule has 0 nitrogen and oxygen atoms in total. The topological polar surface area (TPSA) is 0 Å². The quantitative estimate of drug-likeness (QED) is 0.345. The van der Waals surface area contributed by atoms with Crippen molar-refractivity contribution in [2.45, 2.75) is 61.8 Å². The summed E-state index contributed by atoms with van der Waals surface area (Å²) in [5.41, 5.74) is 11.0. The maximum absolute atomic E-state index is 2.18. The predicted octanol–water partition coefficient (Wildman–Crippen LogP) is 9.19. The molecular formula is C31H40. The van der Waals surface area contributed by atoms with Crippen LogP contribution in [0.1, 0.15) is 53.6 Å². The summed E-state index contributed by atoms with van der Waals surface area (Å²) in [4.78, 5) is 0. The highest BCUT2D eigenvalue weighted by molar-refractivity contribution is 5.27. The minimum absolute atomic E-state index is 1.19. The summed E-state index contributed by atoms with van der Waals surface area (Å²) < 4.78 is 0. The molecule has 1 aliphatic carbocycles. The summed E-state index contributed by atoms with van der Waals surface area (Å²) in [5, 5.41) is 0. The molecule has 1 aliphatic rings. The molecule has 3 aromatic carbocycles. The van der Waals surface area contributed by atoms with E-state index in [1.807, 2.05) is 0 Å². The van der Waals surface area contributed by atoms with Crippen molar-refractivity contribution < 1.29 is 0 Å². The number of benzene rings is 3. The maximum atomic E-state index is 2.18. The van der Waals surface area contributed by atoms with Crippen molar-refractivity contribution in [2.75, 3.05) is 0 Å². The molecule has 0 heterocycles. The summed E-state index contributed by atoms with van der Waals surface area (Å²) in [5.74, 6) is 0. The lowest BCUT2D eigenvalue weighted by Gasteiger charge is -1.93. The second kappa shape index (κ2) is 14.2. The third-order valence-corrected chi connectivity index (χ3v) is 5.03. The molecule has 4 rings (SSSR count). The van der Waals surface area contributed by atoms with Crippen molar-refractivity contribution >= 4 is 0 Å². The van der Waals surface area contributed by atoms with Gasteiger partial charge in [0.05, 0.1) is 0 Å². The molecule has 3 aromatic rings. The van der Waals surface area contributed by atoms with E-state index in [4.69, 9.17) is 0 Å². The first kappa shape index (κ1) is 26.2. The van der Waals surface area contributed by atoms with E-state index < -0.39 is 0 Å². The van der Waals surface area contributed by atoms with Crippen LogP contribution in [0, 0.1) is 41.5 Å². The monoisotopic (exact) mass is 412 g/mol. The summed E-state index contributed by atoms with van der Waals surface area (Å²) in [6, 6.07) is 25.3. The first-order valence-electron chi connectivity index (χ1n) is 11.1. The summed E-state index contributed by atoms with van der Waals surface area (Å²) >= 11 is 0. The third-order valence-electron chi connectivity index (χ3n) is 5.03. The van der Waals surface area contributed by atoms with E-state index in [1.165, 1.54) is 50.9 Å². The molecule has 0 radical (unpaired) electrons. The van der Waals surface area contributed by atoms with E-state index in [-0.39, 0.29) is 0 Å². The Morgan fingerprint density at radius 3 is 1.03 bits per heavy atom. The predicted molar refractivity (Wildman–Crippen MR) is 140 cm³/mol. The minimum atomic E-state index is 1.19. The molecule has 0 heteroatoms. The van der Waals surface area contributed by atoms with Crippen LogP contribution in [0.2, 0.25) is 0 Å². The van der Waals surface area contributed by atoms with Gasteiger partial charge in [-0.1, -0.05) is 118 Å². The Balaban J connectivity index is 0.000000207. The zero-order valence-corrected chi connectivity index (χ0v) is 20.8. The molecule has 0 aliphatic heterocycles. The van der Waals surface area contributed by atoms with Crippen LogP contribution >= 0.6 is 0 Å². The molecule has 0 amide bonds. The molecule has 0 saturated heterocycles. The van der Waals surface area contributed by atoms with Crippen molar-refractivity contribution in [3.05, 3.63) is 129 Å². The Bertz CT molecular complexity index is 894. The van der Waals surface area contributed by atoms with Gasteiger partial charge in [-0.05, 0) is 72.9 Å². The van der Waals surface area contributed by atoms with E-state index in [0.717, 1.165) is 0 Å². The van der Waals surface area contributed by atoms with Gasteiger partial charge in [0.2, 0.25) is 0 Å². The minimum Gasteiger partial charge on any atom is -0.0693 e. The fourth-order valence-electron chi connectivity index (χ4n) is 2.95. The first-order valence-corrected chi connectivity index (χ1v) is 11.1. The van der Waals surface area contributed by atoms with Crippen molar-refractivity contribution in [3.8, 4) is 0 Å². The Kier molecular flexibility index (Phi) is 12.0. The highest BCUT2D eigenvalue weighted by Gasteiger charge is 1.95. The Morgan fingerprint density at radius 1 is 0.419 bits per heavy atom. The van der Waals surface area contributed by atoms with Crippen LogP contribution in [-0.4, -0.2) is 0 Å². The van der Waals surface area contributed by atoms with E-state index in [1.54, 1.807) is 0 Å². The van der Waals surface area contributed by atoms with Crippen LogP contribution < -0.4 is 0 Å². The molecule has 164 valence electrons. The van der Waals surface area contributed by atoms with Crippen molar-refractivity contribution in [1.29, 1.82) is 0 Å². The summed E-state index contributed by atoms with van der Waals surface area (Å²) in [6.45, 7) is 17.0. The zero-order valence-electron chi connectivity index (χ0n) is 20.8. The van der Waals surface area contributed by atoms with Crippen molar-refractivity contribution in [3.63, 3.8) is 0 Å². The molecule has 0 N–H and O–H groups in total. The fourth-order valence-corrected chi connectivity index (χ4v) is 2.95. The smallest absolute Gasteiger partial charge is 0.0108 e. The van der Waals surface area contributed by atoms with Crippen LogP contribution in [-0.2, 0) is 0 Å². The van der Waals surface area contributed by atoms with Crippen molar-refractivity contribution in [2.24, 2.45) is 0 Å². The Hall–Kier alpha value is -2.86. The van der Waals surface area contributed by atoms with E-state index in [2.05, 4.69) is 140 Å². The van der Waals surface area contributed by atoms with Crippen LogP contribution in [0.4, 0.5) is 0 Å². The van der Waals surface area contributed by atoms with E-state index in [9.17, 15) is 0 Å². The first-order chi connectivity index (χ1) is 14.7. The number of hydrogen-bond donors (Lipinski definition) is 0. The van der Waals surface area contributed by atoms with Crippen LogP contribution in [0.15, 0.2) is 96.1 Å². The third kappa shape index (κ3) is 12.4. The lowest BCUT2D eigenvalue weighted by Crippen LogP contribution is -1.74. The Morgan fingerprint density at radius 2 is 0.806 bits per heavy atom. The summed E-state index contributed by atoms with van der Waals surface area (Å²) in [6.07, 6.45) is 5.55. The molecule has 0 atom stereocenters. The second-order valence-electron chi connectivity index (χ2n) is 8.60. The van der Waals surface area contributed by atoms with E-state index in [0.29, 0.717) is 0 Å². The van der Waals surface area contributed by atoms with Gasteiger partial charge in [0.25, 0.3) is 0 Å². The van der Waals surface area contributed by atoms with Crippen LogP contribution in [0.3, 0.4) is 0 Å². The van der Waals surface area contributed by atoms with Crippen molar-refractivity contribution in [1.82, 2.24) is 0 Å². The molecule has 0 fully saturated rings. The Labute approximate surface area is 191 Å². The molecule has 0 bridgehead atoms. The van der Waals surface area contributed by atoms with Gasteiger partial charge in [-0.3, -0.25) is 0 Å². The number of allylic oxidation sites excluding steroid dienone is 4. The zero-order chi connectivity index (χ0) is 23.2. The molecular weight excluding hydrogens is 372 g/mol. The lowest BCUT2D eigenvalue weighted by atomic mass is 10.1. The lowest BCUT2D eigenvalue weighted by molar-refractivity contribution is 1.15. The fraction of sp³-hybridized carbons (Fsp3) is 0.290. The molecule has 0 spiro atoms. The van der Waals surface area contributed by atoms with Gasteiger partial charge in [-0.15, -0.1) is 0 Å². The molecule has 0 unspecified atom stereocenters. The number of hydrogen-bond acceptors (Lipinski definition) is 0. The average Bonchev–Trinajstić information content (AvgIpc) is 3.10. The standard InChI is InChI=1S/3C8H10.C7H10/c1-7-3-5-8(2)6-4-7;1-7-4-3-5-8(2)6-7;1-7-5-3-4-6-8(7)2;1-6-3-4-7(2)5-6/h3*3-6H,1-2H3;3-4H,5H2,1-2H3. The molecule has 0 saturated carbocycles. The molecule has 31 heavy (non-hydrogen) atoms. The van der Waals surface area contributed by atoms with Gasteiger partial charge in [-0.2, -0.15) is 0 Å². The van der Waals surface area contributed by atoms with E-state index >= 15 is 0 Å². The maximum Gasteiger partial charge on any atom is -0.0108 e. The van der Waals surface area contributed by atoms with Gasteiger partial charge in [0.1, 0.15) is 0 Å². The van der Waals surface area contributed by atoms with Gasteiger partial charge < -0.3 is 0 Å². The van der Waals surface area contributed by atoms with Gasteiger partial charge in [0, 0.05) is 0 Å². The van der Waals surface area contributed by atoms with Gasteiger partial charge in [-0.25, -0.2) is 0 Å². The SMILES string of the molecule is CC1=CC=C(C)C1.Cc1ccc(C)cc1.Cc1cccc(C)c1.Cc1ccccc1C. The van der Waals surface area contributed by atoms with Crippen LogP contribution in [0.25, 0.3) is 0 Å². The second-order valence-corrected chi connectivity index (χ2v) is 8.60.